The molecule has 3 aromatic rings. The van der Waals surface area contributed by atoms with Crippen molar-refractivity contribution < 1.29 is 9.53 Å². The van der Waals surface area contributed by atoms with Gasteiger partial charge in [0.25, 0.3) is 0 Å². The van der Waals surface area contributed by atoms with Crippen LogP contribution >= 0.6 is 0 Å². The lowest BCUT2D eigenvalue weighted by Crippen LogP contribution is -2.00. The summed E-state index contributed by atoms with van der Waals surface area (Å²) in [5, 5.41) is 0. The van der Waals surface area contributed by atoms with Crippen LogP contribution in [0.5, 0.6) is 11.6 Å². The van der Waals surface area contributed by atoms with E-state index in [0.717, 1.165) is 23.0 Å². The molecule has 2 aromatic carbocycles. The van der Waals surface area contributed by atoms with E-state index in [4.69, 9.17) is 4.74 Å². The number of aldehydes is 1. The molecule has 0 spiro atoms. The fourth-order valence-electron chi connectivity index (χ4n) is 2.11. The highest BCUT2D eigenvalue weighted by Crippen LogP contribution is 2.27. The average Bonchev–Trinajstić information content (AvgIpc) is 2.54. The molecule has 0 unspecified atom stereocenters. The third kappa shape index (κ3) is 2.60. The van der Waals surface area contributed by atoms with Gasteiger partial charge in [-0.25, -0.2) is 9.97 Å². The molecular formula is C17H14N2O2. The molecule has 3 rings (SSSR count). The number of aromatic nitrogens is 2. The zero-order valence-electron chi connectivity index (χ0n) is 11.6. The summed E-state index contributed by atoms with van der Waals surface area (Å²) in [6, 6.07) is 14.7. The number of fused-ring (bicyclic) bond motifs is 1. The average molecular weight is 278 g/mol. The zero-order valence-corrected chi connectivity index (χ0v) is 11.6. The van der Waals surface area contributed by atoms with E-state index in [0.29, 0.717) is 23.6 Å². The Morgan fingerprint density at radius 2 is 1.67 bits per heavy atom. The van der Waals surface area contributed by atoms with Crippen molar-refractivity contribution in [2.45, 2.75) is 13.3 Å². The normalized spacial score (nSPS) is 10.5. The van der Waals surface area contributed by atoms with Gasteiger partial charge in [0.15, 0.2) is 6.29 Å². The van der Waals surface area contributed by atoms with Gasteiger partial charge in [-0.3, -0.25) is 4.79 Å². The Labute approximate surface area is 122 Å². The van der Waals surface area contributed by atoms with Crippen molar-refractivity contribution >= 4 is 17.3 Å². The quantitative estimate of drug-likeness (QED) is 0.681. The number of nitrogens with zero attached hydrogens (tertiary/aromatic N) is 2. The van der Waals surface area contributed by atoms with E-state index >= 15 is 0 Å². The molecule has 0 saturated carbocycles. The van der Waals surface area contributed by atoms with Gasteiger partial charge in [-0.1, -0.05) is 31.2 Å². The SMILES string of the molecule is CCc1nc2ccccc2nc1Oc1ccccc1C=O. The molecular weight excluding hydrogens is 264 g/mol. The van der Waals surface area contributed by atoms with Crippen LogP contribution in [0.2, 0.25) is 0 Å². The number of aryl methyl sites for hydroxylation is 1. The summed E-state index contributed by atoms with van der Waals surface area (Å²) in [6.07, 6.45) is 1.48. The Morgan fingerprint density at radius 3 is 2.38 bits per heavy atom. The molecule has 0 radical (unpaired) electrons. The first-order valence-corrected chi connectivity index (χ1v) is 6.79. The number of hydrogen-bond donors (Lipinski definition) is 0. The molecule has 0 atom stereocenters. The molecule has 0 amide bonds. The molecule has 0 fully saturated rings. The maximum Gasteiger partial charge on any atom is 0.241 e. The summed E-state index contributed by atoms with van der Waals surface area (Å²) in [4.78, 5) is 20.2. The fraction of sp³-hybridized carbons (Fsp3) is 0.118. The molecule has 0 aliphatic rings. The molecule has 0 aliphatic heterocycles. The van der Waals surface area contributed by atoms with E-state index < -0.39 is 0 Å². The van der Waals surface area contributed by atoms with Gasteiger partial charge >= 0.3 is 0 Å². The first-order valence-electron chi connectivity index (χ1n) is 6.79. The van der Waals surface area contributed by atoms with Gasteiger partial charge < -0.3 is 4.74 Å². The molecule has 104 valence electrons. The molecule has 0 aliphatic carbocycles. The van der Waals surface area contributed by atoms with Crippen LogP contribution in [0.1, 0.15) is 23.0 Å². The smallest absolute Gasteiger partial charge is 0.241 e. The van der Waals surface area contributed by atoms with Crippen molar-refractivity contribution in [2.75, 3.05) is 0 Å². The first-order chi connectivity index (χ1) is 10.3. The topological polar surface area (TPSA) is 52.1 Å². The van der Waals surface area contributed by atoms with E-state index in [1.54, 1.807) is 18.2 Å². The molecule has 4 nitrogen and oxygen atoms in total. The van der Waals surface area contributed by atoms with Gasteiger partial charge in [-0.05, 0) is 30.7 Å². The van der Waals surface area contributed by atoms with Crippen LogP contribution in [-0.4, -0.2) is 16.3 Å². The minimum Gasteiger partial charge on any atom is -0.436 e. The third-order valence-corrected chi connectivity index (χ3v) is 3.19. The van der Waals surface area contributed by atoms with Gasteiger partial charge in [0.2, 0.25) is 5.88 Å². The number of rotatable bonds is 4. The monoisotopic (exact) mass is 278 g/mol. The van der Waals surface area contributed by atoms with E-state index in [1.807, 2.05) is 37.3 Å². The molecule has 0 bridgehead atoms. The summed E-state index contributed by atoms with van der Waals surface area (Å²) in [7, 11) is 0. The Hall–Kier alpha value is -2.75. The van der Waals surface area contributed by atoms with Gasteiger partial charge in [-0.2, -0.15) is 0 Å². The van der Waals surface area contributed by atoms with Crippen LogP contribution in [0.3, 0.4) is 0 Å². The van der Waals surface area contributed by atoms with Gasteiger partial charge in [0.1, 0.15) is 11.4 Å². The van der Waals surface area contributed by atoms with Crippen LogP contribution in [-0.2, 0) is 6.42 Å². The minimum atomic E-state index is 0.450. The first kappa shape index (κ1) is 13.2. The maximum absolute atomic E-state index is 11.1. The van der Waals surface area contributed by atoms with Crippen LogP contribution < -0.4 is 4.74 Å². The lowest BCUT2D eigenvalue weighted by Gasteiger charge is -2.11. The van der Waals surface area contributed by atoms with Crippen molar-refractivity contribution in [2.24, 2.45) is 0 Å². The molecule has 21 heavy (non-hydrogen) atoms. The van der Waals surface area contributed by atoms with E-state index in [1.165, 1.54) is 0 Å². The van der Waals surface area contributed by atoms with Crippen LogP contribution in [0, 0.1) is 0 Å². The van der Waals surface area contributed by atoms with Crippen molar-refractivity contribution in [1.29, 1.82) is 0 Å². The molecule has 0 saturated heterocycles. The molecule has 4 heteroatoms. The number of ether oxygens (including phenoxy) is 1. The Morgan fingerprint density at radius 1 is 1.00 bits per heavy atom. The predicted octanol–water partition coefficient (Wildman–Crippen LogP) is 3.80. The molecule has 1 heterocycles. The number of para-hydroxylation sites is 3. The summed E-state index contributed by atoms with van der Waals surface area (Å²) in [5.74, 6) is 0.942. The Bertz CT molecular complexity index is 800. The summed E-state index contributed by atoms with van der Waals surface area (Å²) < 4.78 is 5.83. The van der Waals surface area contributed by atoms with Crippen molar-refractivity contribution in [3.8, 4) is 11.6 Å². The molecule has 0 N–H and O–H groups in total. The fourth-order valence-corrected chi connectivity index (χ4v) is 2.11. The summed E-state index contributed by atoms with van der Waals surface area (Å²) in [5.41, 5.74) is 2.88. The van der Waals surface area contributed by atoms with Gasteiger partial charge in [-0.15, -0.1) is 0 Å². The van der Waals surface area contributed by atoms with Gasteiger partial charge in [0.05, 0.1) is 16.6 Å². The second-order valence-electron chi connectivity index (χ2n) is 4.58. The molecule has 1 aromatic heterocycles. The standard InChI is InChI=1S/C17H14N2O2/c1-2-13-17(19-15-9-5-4-8-14(15)18-13)21-16-10-6-3-7-12(16)11-20/h3-11H,2H2,1H3. The largest absolute Gasteiger partial charge is 0.436 e. The van der Waals surface area contributed by atoms with Crippen LogP contribution in [0.25, 0.3) is 11.0 Å². The van der Waals surface area contributed by atoms with Crippen LogP contribution in [0.15, 0.2) is 48.5 Å². The highest BCUT2D eigenvalue weighted by Gasteiger charge is 2.11. The summed E-state index contributed by atoms with van der Waals surface area (Å²) >= 11 is 0. The van der Waals surface area contributed by atoms with Gasteiger partial charge in [0, 0.05) is 0 Å². The van der Waals surface area contributed by atoms with Crippen LogP contribution in [0.4, 0.5) is 0 Å². The third-order valence-electron chi connectivity index (χ3n) is 3.19. The van der Waals surface area contributed by atoms with Crippen molar-refractivity contribution in [3.63, 3.8) is 0 Å². The second-order valence-corrected chi connectivity index (χ2v) is 4.58. The Balaban J connectivity index is 2.08. The highest BCUT2D eigenvalue weighted by molar-refractivity contribution is 5.79. The lowest BCUT2D eigenvalue weighted by atomic mass is 10.2. The number of benzene rings is 2. The highest BCUT2D eigenvalue weighted by atomic mass is 16.5. The minimum absolute atomic E-state index is 0.450. The van der Waals surface area contributed by atoms with Crippen molar-refractivity contribution in [3.05, 3.63) is 59.8 Å². The second kappa shape index (κ2) is 5.71. The van der Waals surface area contributed by atoms with E-state index in [9.17, 15) is 4.79 Å². The number of carbonyl (C=O) groups is 1. The number of carbonyl (C=O) groups excluding carboxylic acids is 1. The Kier molecular flexibility index (Phi) is 3.60. The van der Waals surface area contributed by atoms with E-state index in [-0.39, 0.29) is 0 Å². The predicted molar refractivity (Wildman–Crippen MR) is 80.8 cm³/mol. The summed E-state index contributed by atoms with van der Waals surface area (Å²) in [6.45, 7) is 2.00. The maximum atomic E-state index is 11.1. The number of hydrogen-bond acceptors (Lipinski definition) is 4. The van der Waals surface area contributed by atoms with Crippen molar-refractivity contribution in [1.82, 2.24) is 9.97 Å². The zero-order chi connectivity index (χ0) is 14.7. The lowest BCUT2D eigenvalue weighted by molar-refractivity contribution is 0.112. The van der Waals surface area contributed by atoms with E-state index in [2.05, 4.69) is 9.97 Å².